The monoisotopic (exact) mass is 198 g/mol. The summed E-state index contributed by atoms with van der Waals surface area (Å²) in [6.07, 6.45) is 0.724. The molecule has 0 aromatic rings. The molecule has 0 saturated carbocycles. The second-order valence-electron chi connectivity index (χ2n) is 3.88. The lowest BCUT2D eigenvalue weighted by Crippen LogP contribution is -2.42. The summed E-state index contributed by atoms with van der Waals surface area (Å²) in [5, 5.41) is 11.1. The van der Waals surface area contributed by atoms with Crippen LogP contribution in [0.3, 0.4) is 0 Å². The molecule has 0 bridgehead atoms. The fourth-order valence-electron chi connectivity index (χ4n) is 2.25. The van der Waals surface area contributed by atoms with Gasteiger partial charge in [-0.05, 0) is 13.0 Å². The van der Waals surface area contributed by atoms with Crippen molar-refractivity contribution in [1.82, 2.24) is 10.2 Å². The van der Waals surface area contributed by atoms with Gasteiger partial charge in [0, 0.05) is 13.1 Å². The van der Waals surface area contributed by atoms with E-state index in [0.717, 1.165) is 13.0 Å². The Balaban J connectivity index is 2.02. The lowest BCUT2D eigenvalue weighted by Gasteiger charge is -2.31. The number of carbonyl (C=O) groups is 2. The number of fused-ring (bicyclic) bond motifs is 1. The molecule has 2 aliphatic heterocycles. The Labute approximate surface area is 82.1 Å². The van der Waals surface area contributed by atoms with Gasteiger partial charge in [-0.3, -0.25) is 14.9 Å². The van der Waals surface area contributed by atoms with E-state index in [1.54, 1.807) is 0 Å². The van der Waals surface area contributed by atoms with Gasteiger partial charge in [-0.25, -0.2) is 0 Å². The molecule has 0 spiro atoms. The Morgan fingerprint density at radius 3 is 2.79 bits per heavy atom. The van der Waals surface area contributed by atoms with Gasteiger partial charge in [-0.1, -0.05) is 0 Å². The van der Waals surface area contributed by atoms with Crippen LogP contribution in [0, 0.1) is 11.8 Å². The lowest BCUT2D eigenvalue weighted by molar-refractivity contribution is -0.126. The topological polar surface area (TPSA) is 69.6 Å². The zero-order chi connectivity index (χ0) is 10.1. The van der Waals surface area contributed by atoms with Gasteiger partial charge < -0.3 is 10.0 Å². The third kappa shape index (κ3) is 1.53. The minimum atomic E-state index is -0.192. The number of hydrogen-bond donors (Lipinski definition) is 2. The molecule has 5 heteroatoms. The quantitative estimate of drug-likeness (QED) is 0.534. The number of aliphatic hydroxyl groups is 1. The number of hydrogen-bond acceptors (Lipinski definition) is 4. The summed E-state index contributed by atoms with van der Waals surface area (Å²) < 4.78 is 0. The summed E-state index contributed by atoms with van der Waals surface area (Å²) in [7, 11) is 0. The van der Waals surface area contributed by atoms with Crippen molar-refractivity contribution >= 4 is 11.8 Å². The Bertz CT molecular complexity index is 267. The number of likely N-dealkylation sites (tertiary alicyclic amines) is 1. The van der Waals surface area contributed by atoms with E-state index in [4.69, 9.17) is 5.11 Å². The molecule has 2 amide bonds. The molecule has 78 valence electrons. The second kappa shape index (κ2) is 3.67. The molecule has 14 heavy (non-hydrogen) atoms. The highest BCUT2D eigenvalue weighted by molar-refractivity contribution is 6.05. The van der Waals surface area contributed by atoms with Gasteiger partial charge in [-0.2, -0.15) is 0 Å². The molecule has 2 heterocycles. The van der Waals surface area contributed by atoms with Gasteiger partial charge in [0.25, 0.3) is 0 Å². The average molecular weight is 198 g/mol. The standard InChI is InChI=1S/C9H14N2O3/c12-4-3-11-2-1-6-7(5-11)9(14)10-8(6)13/h6-7,12H,1-5H2,(H,10,13,14)/t6-,7-/m0/s1. The molecule has 5 nitrogen and oxygen atoms in total. The lowest BCUT2D eigenvalue weighted by atomic mass is 9.88. The molecular formula is C9H14N2O3. The van der Waals surface area contributed by atoms with Crippen molar-refractivity contribution in [1.29, 1.82) is 0 Å². The van der Waals surface area contributed by atoms with Crippen LogP contribution < -0.4 is 5.32 Å². The number of nitrogens with one attached hydrogen (secondary N) is 1. The highest BCUT2D eigenvalue weighted by atomic mass is 16.3. The molecule has 0 unspecified atom stereocenters. The zero-order valence-corrected chi connectivity index (χ0v) is 7.90. The van der Waals surface area contributed by atoms with Gasteiger partial charge in [0.2, 0.25) is 11.8 Å². The van der Waals surface area contributed by atoms with Crippen LogP contribution in [-0.2, 0) is 9.59 Å². The van der Waals surface area contributed by atoms with Crippen molar-refractivity contribution in [2.45, 2.75) is 6.42 Å². The van der Waals surface area contributed by atoms with Gasteiger partial charge >= 0.3 is 0 Å². The smallest absolute Gasteiger partial charge is 0.231 e. The normalized spacial score (nSPS) is 32.9. The number of aliphatic hydroxyl groups excluding tert-OH is 1. The van der Waals surface area contributed by atoms with Crippen LogP contribution in [0.15, 0.2) is 0 Å². The fourth-order valence-corrected chi connectivity index (χ4v) is 2.25. The van der Waals surface area contributed by atoms with E-state index in [9.17, 15) is 9.59 Å². The van der Waals surface area contributed by atoms with E-state index in [1.165, 1.54) is 0 Å². The number of rotatable bonds is 2. The van der Waals surface area contributed by atoms with Crippen LogP contribution >= 0.6 is 0 Å². The molecule has 2 atom stereocenters. The van der Waals surface area contributed by atoms with Gasteiger partial charge in [-0.15, -0.1) is 0 Å². The first-order valence-corrected chi connectivity index (χ1v) is 4.90. The van der Waals surface area contributed by atoms with Crippen LogP contribution in [0.5, 0.6) is 0 Å². The Hall–Kier alpha value is -0.940. The van der Waals surface area contributed by atoms with Crippen LogP contribution in [0.4, 0.5) is 0 Å². The number of β-amino-alcohol motifs (C(OH)–C–C–N with tert-alkyl or cyclic N) is 1. The van der Waals surface area contributed by atoms with Gasteiger partial charge in [0.1, 0.15) is 0 Å². The first kappa shape index (κ1) is 9.61. The molecule has 0 aromatic carbocycles. The third-order valence-electron chi connectivity index (χ3n) is 3.03. The van der Waals surface area contributed by atoms with Crippen molar-refractivity contribution in [3.8, 4) is 0 Å². The third-order valence-corrected chi connectivity index (χ3v) is 3.03. The average Bonchev–Trinajstić information content (AvgIpc) is 2.43. The number of carbonyl (C=O) groups excluding carboxylic acids is 2. The summed E-state index contributed by atoms with van der Waals surface area (Å²) in [6, 6.07) is 0. The number of piperidine rings is 1. The van der Waals surface area contributed by atoms with Gasteiger partial charge in [0.15, 0.2) is 0 Å². The number of imide groups is 1. The molecule has 2 saturated heterocycles. The molecule has 0 radical (unpaired) electrons. The molecule has 2 N–H and O–H groups in total. The van der Waals surface area contributed by atoms with Crippen LogP contribution in [0.1, 0.15) is 6.42 Å². The molecule has 2 aliphatic rings. The van der Waals surface area contributed by atoms with E-state index >= 15 is 0 Å². The Morgan fingerprint density at radius 2 is 2.07 bits per heavy atom. The summed E-state index contributed by atoms with van der Waals surface area (Å²) in [4.78, 5) is 24.7. The van der Waals surface area contributed by atoms with Crippen molar-refractivity contribution in [3.05, 3.63) is 0 Å². The first-order chi connectivity index (χ1) is 6.72. The molecule has 0 aromatic heterocycles. The van der Waals surface area contributed by atoms with E-state index in [-0.39, 0.29) is 30.3 Å². The van der Waals surface area contributed by atoms with Crippen molar-refractivity contribution < 1.29 is 14.7 Å². The maximum atomic E-state index is 11.3. The molecular weight excluding hydrogens is 184 g/mol. The second-order valence-corrected chi connectivity index (χ2v) is 3.88. The van der Waals surface area contributed by atoms with E-state index in [0.29, 0.717) is 13.1 Å². The van der Waals surface area contributed by atoms with E-state index in [1.807, 2.05) is 4.90 Å². The summed E-state index contributed by atoms with van der Waals surface area (Å²) in [5.74, 6) is -0.591. The fraction of sp³-hybridized carbons (Fsp3) is 0.778. The van der Waals surface area contributed by atoms with E-state index in [2.05, 4.69) is 5.32 Å². The highest BCUT2D eigenvalue weighted by Gasteiger charge is 2.44. The highest BCUT2D eigenvalue weighted by Crippen LogP contribution is 2.27. The summed E-state index contributed by atoms with van der Waals surface area (Å²) in [6.45, 7) is 2.09. The first-order valence-electron chi connectivity index (χ1n) is 4.90. The maximum absolute atomic E-state index is 11.3. The minimum absolute atomic E-state index is 0.104. The van der Waals surface area contributed by atoms with Crippen molar-refractivity contribution in [3.63, 3.8) is 0 Å². The molecule has 2 fully saturated rings. The molecule has 2 rings (SSSR count). The summed E-state index contributed by atoms with van der Waals surface area (Å²) in [5.41, 5.74) is 0. The van der Waals surface area contributed by atoms with E-state index < -0.39 is 0 Å². The molecule has 0 aliphatic carbocycles. The zero-order valence-electron chi connectivity index (χ0n) is 7.90. The predicted molar refractivity (Wildman–Crippen MR) is 48.3 cm³/mol. The Kier molecular flexibility index (Phi) is 2.52. The SMILES string of the molecule is O=C1NC(=O)[C@H]2CN(CCO)CC[C@H]12. The van der Waals surface area contributed by atoms with Crippen LogP contribution in [0.2, 0.25) is 0 Å². The number of nitrogens with zero attached hydrogens (tertiary/aromatic N) is 1. The van der Waals surface area contributed by atoms with Crippen molar-refractivity contribution in [2.75, 3.05) is 26.2 Å². The summed E-state index contributed by atoms with van der Waals surface area (Å²) >= 11 is 0. The van der Waals surface area contributed by atoms with Crippen molar-refractivity contribution in [2.24, 2.45) is 11.8 Å². The Morgan fingerprint density at radius 1 is 1.36 bits per heavy atom. The maximum Gasteiger partial charge on any atom is 0.231 e. The van der Waals surface area contributed by atoms with Crippen LogP contribution in [-0.4, -0.2) is 48.1 Å². The van der Waals surface area contributed by atoms with Gasteiger partial charge in [0.05, 0.1) is 18.4 Å². The minimum Gasteiger partial charge on any atom is -0.395 e. The predicted octanol–water partition coefficient (Wildman–Crippen LogP) is -1.43. The van der Waals surface area contributed by atoms with Crippen LogP contribution in [0.25, 0.3) is 0 Å². The number of amides is 2. The largest absolute Gasteiger partial charge is 0.395 e.